The van der Waals surface area contributed by atoms with Crippen LogP contribution in [0.1, 0.15) is 31.4 Å². The smallest absolute Gasteiger partial charge is 0.224 e. The highest BCUT2D eigenvalue weighted by molar-refractivity contribution is 5.77. The van der Waals surface area contributed by atoms with E-state index < -0.39 is 0 Å². The summed E-state index contributed by atoms with van der Waals surface area (Å²) in [6.45, 7) is 1.58. The van der Waals surface area contributed by atoms with E-state index in [0.29, 0.717) is 13.0 Å². The van der Waals surface area contributed by atoms with Crippen LogP contribution in [-0.2, 0) is 11.3 Å². The van der Waals surface area contributed by atoms with Crippen LogP contribution in [0, 0.1) is 0 Å². The highest BCUT2D eigenvalue weighted by Gasteiger charge is 2.26. The van der Waals surface area contributed by atoms with E-state index >= 15 is 0 Å². The third kappa shape index (κ3) is 3.88. The number of carbonyl (C=O) groups excluding carboxylic acids is 1. The lowest BCUT2D eigenvalue weighted by molar-refractivity contribution is -0.130. The Bertz CT molecular complexity index is 613. The van der Waals surface area contributed by atoms with Gasteiger partial charge in [0.15, 0.2) is 0 Å². The summed E-state index contributed by atoms with van der Waals surface area (Å²) in [6, 6.07) is 6.21. The Kier molecular flexibility index (Phi) is 4.90. The maximum atomic E-state index is 12.6. The molecule has 0 aromatic carbocycles. The van der Waals surface area contributed by atoms with E-state index in [4.69, 9.17) is 0 Å². The number of H-pyrrole nitrogens is 1. The lowest BCUT2D eigenvalue weighted by atomic mass is 9.98. The topological polar surface area (TPSA) is 65.1 Å². The quantitative estimate of drug-likeness (QED) is 0.919. The van der Waals surface area contributed by atoms with E-state index in [1.807, 2.05) is 37.6 Å². The van der Waals surface area contributed by atoms with Crippen molar-refractivity contribution >= 4 is 11.6 Å². The van der Waals surface area contributed by atoms with Gasteiger partial charge in [-0.3, -0.25) is 14.9 Å². The second-order valence-electron chi connectivity index (χ2n) is 6.08. The normalized spacial score (nSPS) is 18.0. The Balaban J connectivity index is 1.63. The van der Waals surface area contributed by atoms with Gasteiger partial charge in [0.25, 0.3) is 0 Å². The SMILES string of the molecule is CN(Cc1ccn[nH]1)C(=O)CC1CCCCN1c1ccncc1. The minimum atomic E-state index is 0.172. The number of nitrogens with one attached hydrogen (secondary N) is 1. The molecule has 0 bridgehead atoms. The van der Waals surface area contributed by atoms with Gasteiger partial charge < -0.3 is 9.80 Å². The number of amides is 1. The molecule has 1 amide bonds. The molecule has 0 radical (unpaired) electrons. The molecule has 1 aliphatic rings. The summed E-state index contributed by atoms with van der Waals surface area (Å²) in [6.07, 6.45) is 9.31. The number of anilines is 1. The Morgan fingerprint density at radius 2 is 2.13 bits per heavy atom. The maximum Gasteiger partial charge on any atom is 0.224 e. The monoisotopic (exact) mass is 313 g/mol. The fourth-order valence-corrected chi connectivity index (χ4v) is 3.16. The van der Waals surface area contributed by atoms with Crippen LogP contribution in [0.4, 0.5) is 5.69 Å². The lowest BCUT2D eigenvalue weighted by Gasteiger charge is -2.37. The molecular formula is C17H23N5O. The molecule has 1 N–H and O–H groups in total. The first kappa shape index (κ1) is 15.5. The number of pyridine rings is 1. The fraction of sp³-hybridized carbons (Fsp3) is 0.471. The Hall–Kier alpha value is -2.37. The second kappa shape index (κ2) is 7.26. The van der Waals surface area contributed by atoms with Crippen molar-refractivity contribution in [3.63, 3.8) is 0 Å². The van der Waals surface area contributed by atoms with Crippen LogP contribution in [-0.4, -0.2) is 45.6 Å². The summed E-state index contributed by atoms with van der Waals surface area (Å²) >= 11 is 0. The molecule has 1 saturated heterocycles. The maximum absolute atomic E-state index is 12.6. The number of hydrogen-bond donors (Lipinski definition) is 1. The van der Waals surface area contributed by atoms with Gasteiger partial charge in [0, 0.05) is 50.3 Å². The number of rotatable bonds is 5. The van der Waals surface area contributed by atoms with Gasteiger partial charge in [-0.15, -0.1) is 0 Å². The van der Waals surface area contributed by atoms with Gasteiger partial charge in [-0.1, -0.05) is 0 Å². The molecule has 1 atom stereocenters. The summed E-state index contributed by atoms with van der Waals surface area (Å²) in [7, 11) is 1.85. The predicted octanol–water partition coefficient (Wildman–Crippen LogP) is 2.21. The molecule has 3 rings (SSSR count). The molecule has 1 unspecified atom stereocenters. The largest absolute Gasteiger partial charge is 0.368 e. The fourth-order valence-electron chi connectivity index (χ4n) is 3.16. The number of nitrogens with zero attached hydrogens (tertiary/aromatic N) is 4. The number of aromatic nitrogens is 3. The Labute approximate surface area is 136 Å². The molecule has 1 fully saturated rings. The summed E-state index contributed by atoms with van der Waals surface area (Å²) in [5, 5.41) is 6.82. The Morgan fingerprint density at radius 1 is 1.30 bits per heavy atom. The lowest BCUT2D eigenvalue weighted by Crippen LogP contribution is -2.43. The minimum Gasteiger partial charge on any atom is -0.368 e. The molecule has 0 spiro atoms. The van der Waals surface area contributed by atoms with Crippen LogP contribution in [0.25, 0.3) is 0 Å². The van der Waals surface area contributed by atoms with Gasteiger partial charge in [-0.25, -0.2) is 0 Å². The Morgan fingerprint density at radius 3 is 2.87 bits per heavy atom. The molecule has 6 heteroatoms. The standard InChI is InChI=1S/C17H23N5O/c1-21(13-14-5-10-19-20-14)17(23)12-16-4-2-3-11-22(16)15-6-8-18-9-7-15/h5-10,16H,2-4,11-13H2,1H3,(H,19,20). The first-order chi connectivity index (χ1) is 11.2. The van der Waals surface area contributed by atoms with E-state index in [-0.39, 0.29) is 11.9 Å². The third-order valence-corrected chi connectivity index (χ3v) is 4.42. The van der Waals surface area contributed by atoms with Crippen molar-refractivity contribution in [2.75, 3.05) is 18.5 Å². The van der Waals surface area contributed by atoms with Crippen LogP contribution in [0.15, 0.2) is 36.8 Å². The van der Waals surface area contributed by atoms with Crippen LogP contribution >= 0.6 is 0 Å². The average Bonchev–Trinajstić information content (AvgIpc) is 3.09. The van der Waals surface area contributed by atoms with E-state index in [1.54, 1.807) is 11.1 Å². The van der Waals surface area contributed by atoms with Crippen LogP contribution in [0.3, 0.4) is 0 Å². The zero-order chi connectivity index (χ0) is 16.1. The number of piperidine rings is 1. The van der Waals surface area contributed by atoms with Crippen LogP contribution < -0.4 is 4.90 Å². The minimum absolute atomic E-state index is 0.172. The summed E-state index contributed by atoms with van der Waals surface area (Å²) in [4.78, 5) is 20.8. The van der Waals surface area contributed by atoms with Gasteiger partial charge in [0.2, 0.25) is 5.91 Å². The second-order valence-corrected chi connectivity index (χ2v) is 6.08. The summed E-state index contributed by atoms with van der Waals surface area (Å²) in [5.41, 5.74) is 2.12. The van der Waals surface area contributed by atoms with Crippen LogP contribution in [0.2, 0.25) is 0 Å². The molecule has 1 aliphatic heterocycles. The van der Waals surface area contributed by atoms with E-state index in [0.717, 1.165) is 24.3 Å². The molecule has 3 heterocycles. The van der Waals surface area contributed by atoms with Gasteiger partial charge in [-0.2, -0.15) is 5.10 Å². The molecule has 23 heavy (non-hydrogen) atoms. The number of carbonyl (C=O) groups is 1. The first-order valence-corrected chi connectivity index (χ1v) is 8.13. The highest BCUT2D eigenvalue weighted by Crippen LogP contribution is 2.26. The number of aromatic amines is 1. The molecule has 122 valence electrons. The zero-order valence-electron chi connectivity index (χ0n) is 13.5. The number of hydrogen-bond acceptors (Lipinski definition) is 4. The van der Waals surface area contributed by atoms with Crippen molar-refractivity contribution in [3.8, 4) is 0 Å². The summed E-state index contributed by atoms with van der Waals surface area (Å²) < 4.78 is 0. The molecule has 0 aliphatic carbocycles. The first-order valence-electron chi connectivity index (χ1n) is 8.13. The van der Waals surface area contributed by atoms with E-state index in [1.165, 1.54) is 12.8 Å². The molecule has 6 nitrogen and oxygen atoms in total. The van der Waals surface area contributed by atoms with Crippen molar-refractivity contribution in [1.29, 1.82) is 0 Å². The van der Waals surface area contributed by atoms with Gasteiger partial charge in [-0.05, 0) is 37.5 Å². The third-order valence-electron chi connectivity index (χ3n) is 4.42. The van der Waals surface area contributed by atoms with Crippen LogP contribution in [0.5, 0.6) is 0 Å². The van der Waals surface area contributed by atoms with Gasteiger partial charge in [0.05, 0.1) is 12.2 Å². The van der Waals surface area contributed by atoms with Crippen molar-refractivity contribution in [2.45, 2.75) is 38.3 Å². The van der Waals surface area contributed by atoms with Crippen molar-refractivity contribution in [1.82, 2.24) is 20.1 Å². The van der Waals surface area contributed by atoms with Gasteiger partial charge >= 0.3 is 0 Å². The van der Waals surface area contributed by atoms with Crippen molar-refractivity contribution < 1.29 is 4.79 Å². The highest BCUT2D eigenvalue weighted by atomic mass is 16.2. The molecule has 2 aromatic rings. The molecule has 2 aromatic heterocycles. The predicted molar refractivity (Wildman–Crippen MR) is 88.9 cm³/mol. The summed E-state index contributed by atoms with van der Waals surface area (Å²) in [5.74, 6) is 0.172. The zero-order valence-corrected chi connectivity index (χ0v) is 13.5. The van der Waals surface area contributed by atoms with E-state index in [9.17, 15) is 4.79 Å². The molecular weight excluding hydrogens is 290 g/mol. The average molecular weight is 313 g/mol. The molecule has 0 saturated carbocycles. The van der Waals surface area contributed by atoms with Crippen molar-refractivity contribution in [3.05, 3.63) is 42.5 Å². The van der Waals surface area contributed by atoms with Crippen molar-refractivity contribution in [2.24, 2.45) is 0 Å². The van der Waals surface area contributed by atoms with E-state index in [2.05, 4.69) is 20.1 Å². The van der Waals surface area contributed by atoms with Gasteiger partial charge in [0.1, 0.15) is 0 Å².